The number of likely N-dealkylation sites (N-methyl/N-ethyl adjacent to an activating group) is 1. The molecule has 1 amide bonds. The predicted molar refractivity (Wildman–Crippen MR) is 70.2 cm³/mol. The Morgan fingerprint density at radius 3 is 2.67 bits per heavy atom. The van der Waals surface area contributed by atoms with Gasteiger partial charge >= 0.3 is 0 Å². The monoisotopic (exact) mass is 269 g/mol. The number of hydrogen-bond donors (Lipinski definition) is 0. The Morgan fingerprint density at radius 2 is 2.17 bits per heavy atom. The summed E-state index contributed by atoms with van der Waals surface area (Å²) in [6.45, 7) is 3.77. The fourth-order valence-corrected chi connectivity index (χ4v) is 1.48. The number of aldehydes is 1. The topological polar surface area (TPSA) is 46.6 Å². The number of halogens is 1. The van der Waals surface area contributed by atoms with E-state index in [2.05, 4.69) is 0 Å². The largest absolute Gasteiger partial charge is 0.482 e. The van der Waals surface area contributed by atoms with E-state index in [9.17, 15) is 9.59 Å². The Hall–Kier alpha value is -1.55. The third-order valence-electron chi connectivity index (χ3n) is 2.61. The molecule has 5 heteroatoms. The number of amides is 1. The molecule has 0 aromatic heterocycles. The fraction of sp³-hybridized carbons (Fsp3) is 0.385. The molecule has 0 atom stereocenters. The Bertz CT molecular complexity index is 446. The molecule has 0 spiro atoms. The molecule has 1 rings (SSSR count). The summed E-state index contributed by atoms with van der Waals surface area (Å²) in [5.74, 6) is 0.272. The van der Waals surface area contributed by atoms with E-state index < -0.39 is 0 Å². The van der Waals surface area contributed by atoms with Crippen molar-refractivity contribution in [2.75, 3.05) is 13.7 Å². The van der Waals surface area contributed by atoms with Gasteiger partial charge in [-0.3, -0.25) is 9.59 Å². The quantitative estimate of drug-likeness (QED) is 0.771. The molecule has 0 fully saturated rings. The molecular formula is C13H16ClNO3. The molecule has 0 aliphatic rings. The smallest absolute Gasteiger partial charge is 0.260 e. The number of carbonyl (C=O) groups is 2. The zero-order valence-electron chi connectivity index (χ0n) is 10.6. The molecule has 0 saturated carbocycles. The summed E-state index contributed by atoms with van der Waals surface area (Å²) >= 11 is 5.92. The molecule has 0 aliphatic heterocycles. The zero-order chi connectivity index (χ0) is 13.7. The van der Waals surface area contributed by atoms with Gasteiger partial charge in [-0.1, -0.05) is 11.6 Å². The third-order valence-corrected chi connectivity index (χ3v) is 2.91. The van der Waals surface area contributed by atoms with Crippen LogP contribution in [0.15, 0.2) is 18.2 Å². The van der Waals surface area contributed by atoms with Crippen molar-refractivity contribution in [1.82, 2.24) is 4.90 Å². The molecule has 1 aromatic carbocycles. The van der Waals surface area contributed by atoms with Crippen LogP contribution in [0.5, 0.6) is 5.75 Å². The van der Waals surface area contributed by atoms with Crippen molar-refractivity contribution in [3.05, 3.63) is 28.8 Å². The first kappa shape index (κ1) is 14.5. The lowest BCUT2D eigenvalue weighted by atomic mass is 10.2. The predicted octanol–water partition coefficient (Wildman–Crippen LogP) is 2.40. The van der Waals surface area contributed by atoms with E-state index in [0.717, 1.165) is 0 Å². The van der Waals surface area contributed by atoms with Crippen LogP contribution in [0.3, 0.4) is 0 Å². The lowest BCUT2D eigenvalue weighted by molar-refractivity contribution is -0.133. The minimum atomic E-state index is -0.125. The average Bonchev–Trinajstić information content (AvgIpc) is 2.35. The number of ether oxygens (including phenoxy) is 1. The maximum absolute atomic E-state index is 11.7. The van der Waals surface area contributed by atoms with Crippen molar-refractivity contribution < 1.29 is 14.3 Å². The standard InChI is InChI=1S/C13H16ClNO3/c1-9(2)15(3)13(17)8-18-12-5-4-10(7-16)6-11(12)14/h4-7,9H,8H2,1-3H3. The Morgan fingerprint density at radius 1 is 1.50 bits per heavy atom. The van der Waals surface area contributed by atoms with E-state index in [-0.39, 0.29) is 18.6 Å². The van der Waals surface area contributed by atoms with Crippen molar-refractivity contribution in [1.29, 1.82) is 0 Å². The van der Waals surface area contributed by atoms with Crippen LogP contribution in [-0.4, -0.2) is 36.8 Å². The Kier molecular flexibility index (Phi) is 5.16. The molecule has 0 heterocycles. The Balaban J connectivity index is 2.64. The van der Waals surface area contributed by atoms with Crippen molar-refractivity contribution in [2.45, 2.75) is 19.9 Å². The molecule has 0 radical (unpaired) electrons. The first-order chi connectivity index (χ1) is 8.45. The van der Waals surface area contributed by atoms with Gasteiger partial charge in [-0.15, -0.1) is 0 Å². The summed E-state index contributed by atoms with van der Waals surface area (Å²) in [7, 11) is 1.72. The van der Waals surface area contributed by atoms with Crippen molar-refractivity contribution in [3.8, 4) is 5.75 Å². The summed E-state index contributed by atoms with van der Waals surface area (Å²) in [4.78, 5) is 23.8. The van der Waals surface area contributed by atoms with E-state index in [0.29, 0.717) is 22.6 Å². The normalized spacial score (nSPS) is 10.3. The highest BCUT2D eigenvalue weighted by Crippen LogP contribution is 2.24. The van der Waals surface area contributed by atoms with Crippen molar-refractivity contribution >= 4 is 23.8 Å². The summed E-state index contributed by atoms with van der Waals surface area (Å²) < 4.78 is 5.33. The van der Waals surface area contributed by atoms with Crippen LogP contribution < -0.4 is 4.74 Å². The molecule has 0 aliphatic carbocycles. The first-order valence-electron chi connectivity index (χ1n) is 5.59. The third kappa shape index (κ3) is 3.74. The van der Waals surface area contributed by atoms with Gasteiger partial charge < -0.3 is 9.64 Å². The minimum absolute atomic E-state index is 0.0746. The molecule has 4 nitrogen and oxygen atoms in total. The highest BCUT2D eigenvalue weighted by Gasteiger charge is 2.13. The number of nitrogens with zero attached hydrogens (tertiary/aromatic N) is 1. The van der Waals surface area contributed by atoms with Gasteiger partial charge in [0.05, 0.1) is 5.02 Å². The van der Waals surface area contributed by atoms with E-state index in [1.165, 1.54) is 6.07 Å². The molecule has 0 N–H and O–H groups in total. The number of hydrogen-bond acceptors (Lipinski definition) is 3. The molecule has 98 valence electrons. The molecular weight excluding hydrogens is 254 g/mol. The van der Waals surface area contributed by atoms with E-state index in [1.54, 1.807) is 24.1 Å². The van der Waals surface area contributed by atoms with E-state index in [1.807, 2.05) is 13.8 Å². The van der Waals surface area contributed by atoms with Crippen molar-refractivity contribution in [2.24, 2.45) is 0 Å². The van der Waals surface area contributed by atoms with Crippen LogP contribution in [0.2, 0.25) is 5.02 Å². The molecule has 18 heavy (non-hydrogen) atoms. The van der Waals surface area contributed by atoms with E-state index >= 15 is 0 Å². The SMILES string of the molecule is CC(C)N(C)C(=O)COc1ccc(C=O)cc1Cl. The van der Waals surface area contributed by atoms with Crippen LogP contribution in [-0.2, 0) is 4.79 Å². The van der Waals surface area contributed by atoms with Gasteiger partial charge in [0, 0.05) is 18.7 Å². The second-order valence-corrected chi connectivity index (χ2v) is 4.60. The second-order valence-electron chi connectivity index (χ2n) is 4.19. The zero-order valence-corrected chi connectivity index (χ0v) is 11.4. The average molecular weight is 270 g/mol. The van der Waals surface area contributed by atoms with E-state index in [4.69, 9.17) is 16.3 Å². The van der Waals surface area contributed by atoms with Gasteiger partial charge in [0.25, 0.3) is 5.91 Å². The van der Waals surface area contributed by atoms with Gasteiger partial charge in [0.1, 0.15) is 12.0 Å². The van der Waals surface area contributed by atoms with Crippen LogP contribution in [0, 0.1) is 0 Å². The van der Waals surface area contributed by atoms with Gasteiger partial charge in [-0.25, -0.2) is 0 Å². The van der Waals surface area contributed by atoms with Gasteiger partial charge in [0.2, 0.25) is 0 Å². The summed E-state index contributed by atoms with van der Waals surface area (Å²) in [5.41, 5.74) is 0.470. The molecule has 0 saturated heterocycles. The second kappa shape index (κ2) is 6.40. The molecule has 1 aromatic rings. The minimum Gasteiger partial charge on any atom is -0.482 e. The molecule has 0 unspecified atom stereocenters. The first-order valence-corrected chi connectivity index (χ1v) is 5.96. The Labute approximate surface area is 111 Å². The maximum atomic E-state index is 11.7. The summed E-state index contributed by atoms with van der Waals surface area (Å²) in [6.07, 6.45) is 0.702. The number of rotatable bonds is 5. The summed E-state index contributed by atoms with van der Waals surface area (Å²) in [6, 6.07) is 4.79. The van der Waals surface area contributed by atoms with Crippen molar-refractivity contribution in [3.63, 3.8) is 0 Å². The maximum Gasteiger partial charge on any atom is 0.260 e. The van der Waals surface area contributed by atoms with Gasteiger partial charge in [-0.05, 0) is 32.0 Å². The summed E-state index contributed by atoms with van der Waals surface area (Å²) in [5, 5.41) is 0.319. The fourth-order valence-electron chi connectivity index (χ4n) is 1.24. The van der Waals surface area contributed by atoms with Crippen LogP contribution in [0.1, 0.15) is 24.2 Å². The number of benzene rings is 1. The number of carbonyl (C=O) groups excluding carboxylic acids is 2. The van der Waals surface area contributed by atoms with Crippen LogP contribution >= 0.6 is 11.6 Å². The lowest BCUT2D eigenvalue weighted by Gasteiger charge is -2.21. The highest BCUT2D eigenvalue weighted by atomic mass is 35.5. The highest BCUT2D eigenvalue weighted by molar-refractivity contribution is 6.32. The lowest BCUT2D eigenvalue weighted by Crippen LogP contribution is -2.36. The molecule has 0 bridgehead atoms. The van der Waals surface area contributed by atoms with Crippen LogP contribution in [0.25, 0.3) is 0 Å². The van der Waals surface area contributed by atoms with Gasteiger partial charge in [0.15, 0.2) is 6.61 Å². The van der Waals surface area contributed by atoms with Crippen LogP contribution in [0.4, 0.5) is 0 Å². The van der Waals surface area contributed by atoms with Gasteiger partial charge in [-0.2, -0.15) is 0 Å².